The average molecular weight is 1000 g/mol. The molecule has 5 aromatic rings. The van der Waals surface area contributed by atoms with Crippen molar-refractivity contribution in [1.82, 2.24) is 39.2 Å². The van der Waals surface area contributed by atoms with Crippen LogP contribution in [0.15, 0.2) is 54.9 Å². The van der Waals surface area contributed by atoms with Crippen LogP contribution >= 0.6 is 11.6 Å². The molecule has 11 rings (SSSR count). The zero-order chi connectivity index (χ0) is 50.4. The number of carbonyl (C=O) groups is 2. The average Bonchev–Trinajstić information content (AvgIpc) is 4.07. The molecular weight excluding hydrogens is 936 g/mol. The van der Waals surface area contributed by atoms with Crippen LogP contribution in [0.3, 0.4) is 0 Å². The van der Waals surface area contributed by atoms with Crippen LogP contribution < -0.4 is 14.5 Å². The Morgan fingerprint density at radius 1 is 0.944 bits per heavy atom. The van der Waals surface area contributed by atoms with Gasteiger partial charge in [-0.3, -0.25) is 19.0 Å². The van der Waals surface area contributed by atoms with Crippen molar-refractivity contribution < 1.29 is 23.1 Å². The van der Waals surface area contributed by atoms with Gasteiger partial charge in [0.25, 0.3) is 12.3 Å². The summed E-state index contributed by atoms with van der Waals surface area (Å²) in [5, 5.41) is 19.3. The third kappa shape index (κ3) is 8.37. The molecule has 0 atom stereocenters. The van der Waals surface area contributed by atoms with Crippen molar-refractivity contribution in [1.29, 1.82) is 5.26 Å². The summed E-state index contributed by atoms with van der Waals surface area (Å²) < 4.78 is 40.0. The Bertz CT molecular complexity index is 2970. The van der Waals surface area contributed by atoms with E-state index in [1.54, 1.807) is 55.3 Å². The fourth-order valence-electron chi connectivity index (χ4n) is 13.7. The maximum Gasteiger partial charge on any atom is 0.264 e. The van der Waals surface area contributed by atoms with E-state index in [0.717, 1.165) is 105 Å². The Hall–Kier alpha value is -6.05. The molecule has 0 spiro atoms. The van der Waals surface area contributed by atoms with Gasteiger partial charge in [0.1, 0.15) is 23.7 Å². The number of nitriles is 1. The third-order valence-corrected chi connectivity index (χ3v) is 17.2. The van der Waals surface area contributed by atoms with E-state index in [9.17, 15) is 23.6 Å². The number of aromatic nitrogens is 5. The van der Waals surface area contributed by atoms with E-state index >= 15 is 0 Å². The Balaban J connectivity index is 0.724. The van der Waals surface area contributed by atoms with Crippen LogP contribution in [-0.2, 0) is 37.8 Å². The predicted octanol–water partition coefficient (Wildman–Crippen LogP) is 9.52. The Morgan fingerprint density at radius 3 is 2.39 bits per heavy atom. The first-order valence-corrected chi connectivity index (χ1v) is 26.1. The van der Waals surface area contributed by atoms with Crippen molar-refractivity contribution in [3.05, 3.63) is 99.1 Å². The number of fused-ring (bicyclic) bond motifs is 3. The molecule has 0 radical (unpaired) electrons. The van der Waals surface area contributed by atoms with Crippen LogP contribution in [0, 0.1) is 28.1 Å². The number of halogens is 3. The van der Waals surface area contributed by atoms with Gasteiger partial charge in [-0.15, -0.1) is 0 Å². The van der Waals surface area contributed by atoms with Crippen molar-refractivity contribution in [3.8, 4) is 22.9 Å². The molecule has 0 unspecified atom stereocenters. The normalized spacial score (nSPS) is 22.2. The van der Waals surface area contributed by atoms with Gasteiger partial charge < -0.3 is 29.2 Å². The van der Waals surface area contributed by atoms with Gasteiger partial charge in [0.15, 0.2) is 5.82 Å². The molecule has 0 N–H and O–H groups in total. The number of piperidine rings is 2. The molecule has 2 aromatic carbocycles. The first-order chi connectivity index (χ1) is 34.5. The number of hydrogen-bond acceptors (Lipinski definition) is 10. The lowest BCUT2D eigenvalue weighted by atomic mass is 9.49. The molecule has 2 amide bonds. The molecule has 378 valence electrons. The summed E-state index contributed by atoms with van der Waals surface area (Å²) in [6.07, 6.45) is 7.01. The molecule has 3 aromatic heterocycles. The van der Waals surface area contributed by atoms with Gasteiger partial charge in [0, 0.05) is 123 Å². The molecule has 1 aliphatic carbocycles. The van der Waals surface area contributed by atoms with E-state index in [1.165, 1.54) is 5.69 Å². The number of amides is 2. The van der Waals surface area contributed by atoms with Gasteiger partial charge in [-0.2, -0.15) is 15.5 Å². The lowest BCUT2D eigenvalue weighted by Crippen LogP contribution is -2.74. The predicted molar refractivity (Wildman–Crippen MR) is 272 cm³/mol. The highest BCUT2D eigenvalue weighted by Gasteiger charge is 2.67. The van der Waals surface area contributed by atoms with Gasteiger partial charge in [-0.25, -0.2) is 13.8 Å². The second kappa shape index (κ2) is 18.5. The summed E-state index contributed by atoms with van der Waals surface area (Å²) in [5.41, 5.74) is 6.37. The van der Waals surface area contributed by atoms with Crippen molar-refractivity contribution in [2.75, 3.05) is 55.6 Å². The zero-order valence-electron chi connectivity index (χ0n) is 42.2. The summed E-state index contributed by atoms with van der Waals surface area (Å²) in [6, 6.07) is 15.0. The number of ether oxygens (including phenoxy) is 1. The van der Waals surface area contributed by atoms with Crippen molar-refractivity contribution in [2.24, 2.45) is 23.8 Å². The Kier molecular flexibility index (Phi) is 12.4. The Morgan fingerprint density at radius 2 is 1.71 bits per heavy atom. The number of anilines is 3. The molecule has 8 heterocycles. The standard InChI is InChI=1S/C55H64ClF2N11O3/c1-33(70)66-23-17-46-43(31-66)50(67-18-7-8-35-24-41(37-28-60-63(6)30-37)42(49(57)58)26-47(35)67)62-69(46)38-15-19-64(20-16-38)29-34-13-21-65(22-14-34)48-12-11-40-45(61-48)32-68(51(40)71)52-54(2,3)53(55(52,4)5)72-39-10-9-36(27-59)44(56)25-39/h9-12,24-26,28,30,34,38,49,52-53H,7-8,13-23,29,31-32H2,1-6H3. The highest BCUT2D eigenvalue weighted by Crippen LogP contribution is 2.59. The topological polar surface area (TPSA) is 132 Å². The lowest BCUT2D eigenvalue weighted by molar-refractivity contribution is -0.199. The third-order valence-electron chi connectivity index (χ3n) is 16.9. The largest absolute Gasteiger partial charge is 0.489 e. The number of rotatable bonds is 10. The number of nitrogens with zero attached hydrogens (tertiary/aromatic N) is 11. The van der Waals surface area contributed by atoms with Crippen LogP contribution in [0.5, 0.6) is 5.75 Å². The molecule has 17 heteroatoms. The second-order valence-corrected chi connectivity index (χ2v) is 22.7. The molecule has 3 fully saturated rings. The summed E-state index contributed by atoms with van der Waals surface area (Å²) >= 11 is 6.34. The fourth-order valence-corrected chi connectivity index (χ4v) is 13.9. The molecule has 0 bridgehead atoms. The monoisotopic (exact) mass is 999 g/mol. The number of benzene rings is 2. The highest BCUT2D eigenvalue weighted by molar-refractivity contribution is 6.31. The number of alkyl halides is 2. The van der Waals surface area contributed by atoms with Crippen LogP contribution in [0.25, 0.3) is 11.1 Å². The number of carbonyl (C=O) groups excluding carboxylic acids is 2. The maximum atomic E-state index is 14.8. The summed E-state index contributed by atoms with van der Waals surface area (Å²) in [6.45, 7) is 17.3. The van der Waals surface area contributed by atoms with Crippen molar-refractivity contribution in [2.45, 2.75) is 117 Å². The molecule has 72 heavy (non-hydrogen) atoms. The van der Waals surface area contributed by atoms with Crippen LogP contribution in [-0.4, -0.2) is 109 Å². The Labute approximate surface area is 425 Å². The molecule has 1 saturated carbocycles. The first-order valence-electron chi connectivity index (χ1n) is 25.7. The molecule has 5 aliphatic heterocycles. The number of likely N-dealkylation sites (tertiary alicyclic amines) is 1. The van der Waals surface area contributed by atoms with Gasteiger partial charge in [-0.1, -0.05) is 39.3 Å². The van der Waals surface area contributed by atoms with E-state index < -0.39 is 6.43 Å². The lowest BCUT2D eigenvalue weighted by Gasteiger charge is -2.65. The second-order valence-electron chi connectivity index (χ2n) is 22.3. The number of hydrogen-bond donors (Lipinski definition) is 0. The van der Waals surface area contributed by atoms with Gasteiger partial charge >= 0.3 is 0 Å². The molecular formula is C55H64ClF2N11O3. The first kappa shape index (κ1) is 48.2. The molecule has 2 saturated heterocycles. The fraction of sp³-hybridized carbons (Fsp3) is 0.527. The van der Waals surface area contributed by atoms with E-state index in [2.05, 4.69) is 58.2 Å². The van der Waals surface area contributed by atoms with Crippen molar-refractivity contribution >= 4 is 40.7 Å². The molecule has 6 aliphatic rings. The highest BCUT2D eigenvalue weighted by atomic mass is 35.5. The minimum absolute atomic E-state index is 0.0105. The number of pyridine rings is 1. The number of aryl methyl sites for hydroxylation is 2. The van der Waals surface area contributed by atoms with Gasteiger partial charge in [0.2, 0.25) is 5.91 Å². The van der Waals surface area contributed by atoms with Crippen LogP contribution in [0.2, 0.25) is 5.02 Å². The SMILES string of the molecule is CC(=O)N1CCc2c(c(N3CCCc4cc(-c5cnn(C)c5)c(C(F)F)cc43)nn2C2CCN(CC3CCN(c4ccc5c(n4)CN(C4C(C)(C)C(Oc6ccc(C#N)c(Cl)c6)C4(C)C)C5=O)CC3)CC2)C1. The smallest absolute Gasteiger partial charge is 0.264 e. The van der Waals surface area contributed by atoms with Crippen LogP contribution in [0.4, 0.5) is 26.1 Å². The van der Waals surface area contributed by atoms with E-state index in [-0.39, 0.29) is 46.4 Å². The van der Waals surface area contributed by atoms with E-state index in [1.807, 2.05) is 28.0 Å². The van der Waals surface area contributed by atoms with Gasteiger partial charge in [-0.05, 0) is 92.0 Å². The molecule has 14 nitrogen and oxygen atoms in total. The van der Waals surface area contributed by atoms with E-state index in [4.69, 9.17) is 26.4 Å². The minimum Gasteiger partial charge on any atom is -0.489 e. The summed E-state index contributed by atoms with van der Waals surface area (Å²) in [4.78, 5) is 42.9. The summed E-state index contributed by atoms with van der Waals surface area (Å²) in [5.74, 6) is 2.94. The maximum absolute atomic E-state index is 14.8. The zero-order valence-corrected chi connectivity index (χ0v) is 42.9. The quantitative estimate of drug-likeness (QED) is 0.133. The van der Waals surface area contributed by atoms with E-state index in [0.29, 0.717) is 71.5 Å². The minimum atomic E-state index is -2.66. The van der Waals surface area contributed by atoms with Gasteiger partial charge in [0.05, 0.1) is 47.2 Å². The van der Waals surface area contributed by atoms with Crippen molar-refractivity contribution in [3.63, 3.8) is 0 Å². The summed E-state index contributed by atoms with van der Waals surface area (Å²) in [7, 11) is 1.79. The van der Waals surface area contributed by atoms with Crippen LogP contribution in [0.1, 0.15) is 123 Å².